The number of hydrogen-bond acceptors (Lipinski definition) is 2. The lowest BCUT2D eigenvalue weighted by Gasteiger charge is -2.42. The summed E-state index contributed by atoms with van der Waals surface area (Å²) in [5.74, 6) is 0.523. The number of rotatable bonds is 5. The molecule has 0 aromatic heterocycles. The van der Waals surface area contributed by atoms with Crippen LogP contribution < -0.4 is 5.32 Å². The lowest BCUT2D eigenvalue weighted by atomic mass is 9.69. The van der Waals surface area contributed by atoms with Crippen molar-refractivity contribution in [2.45, 2.75) is 45.7 Å². The first-order valence-corrected chi connectivity index (χ1v) is 8.00. The quantitative estimate of drug-likeness (QED) is 0.891. The lowest BCUT2D eigenvalue weighted by molar-refractivity contribution is 0.110. The second-order valence-electron chi connectivity index (χ2n) is 7.39. The van der Waals surface area contributed by atoms with E-state index in [1.165, 1.54) is 24.8 Å². The van der Waals surface area contributed by atoms with Crippen LogP contribution in [0.3, 0.4) is 0 Å². The molecule has 21 heavy (non-hydrogen) atoms. The summed E-state index contributed by atoms with van der Waals surface area (Å²) >= 11 is 0. The van der Waals surface area contributed by atoms with Crippen LogP contribution in [0, 0.1) is 17.2 Å². The predicted molar refractivity (Wildman–Crippen MR) is 86.7 cm³/mol. The van der Waals surface area contributed by atoms with Gasteiger partial charge in [0.1, 0.15) is 5.82 Å². The van der Waals surface area contributed by atoms with Gasteiger partial charge in [-0.25, -0.2) is 4.39 Å². The molecule has 0 bridgehead atoms. The summed E-state index contributed by atoms with van der Waals surface area (Å²) in [6, 6.07) is 7.47. The van der Waals surface area contributed by atoms with Crippen LogP contribution >= 0.6 is 0 Å². The van der Waals surface area contributed by atoms with Crippen molar-refractivity contribution in [2.24, 2.45) is 11.3 Å². The van der Waals surface area contributed by atoms with Crippen LogP contribution in [0.5, 0.6) is 0 Å². The van der Waals surface area contributed by atoms with Crippen LogP contribution in [-0.4, -0.2) is 31.6 Å². The molecule has 1 fully saturated rings. The molecule has 118 valence electrons. The van der Waals surface area contributed by atoms with Gasteiger partial charge in [-0.1, -0.05) is 26.0 Å². The van der Waals surface area contributed by atoms with Crippen LogP contribution in [-0.2, 0) is 6.54 Å². The average Bonchev–Trinajstić information content (AvgIpc) is 2.41. The van der Waals surface area contributed by atoms with Gasteiger partial charge in [-0.05, 0) is 62.4 Å². The molecule has 0 aliphatic heterocycles. The Kier molecular flexibility index (Phi) is 5.39. The fourth-order valence-corrected chi connectivity index (χ4v) is 3.67. The van der Waals surface area contributed by atoms with E-state index in [1.54, 1.807) is 12.1 Å². The minimum absolute atomic E-state index is 0.161. The first kappa shape index (κ1) is 16.4. The molecule has 0 amide bonds. The molecule has 1 N–H and O–H groups in total. The van der Waals surface area contributed by atoms with E-state index >= 15 is 0 Å². The monoisotopic (exact) mass is 292 g/mol. The van der Waals surface area contributed by atoms with Gasteiger partial charge in [0.15, 0.2) is 0 Å². The van der Waals surface area contributed by atoms with Gasteiger partial charge in [-0.15, -0.1) is 0 Å². The van der Waals surface area contributed by atoms with Gasteiger partial charge in [-0.3, -0.25) is 0 Å². The SMILES string of the molecule is CNC1CCC(C)(C)CC1CN(C)Cc1ccc(F)cc1. The Morgan fingerprint density at radius 3 is 2.57 bits per heavy atom. The minimum atomic E-state index is -0.161. The summed E-state index contributed by atoms with van der Waals surface area (Å²) in [5, 5.41) is 3.49. The van der Waals surface area contributed by atoms with Gasteiger partial charge >= 0.3 is 0 Å². The minimum Gasteiger partial charge on any atom is -0.317 e. The van der Waals surface area contributed by atoms with Crippen molar-refractivity contribution in [3.8, 4) is 0 Å². The highest BCUT2D eigenvalue weighted by molar-refractivity contribution is 5.15. The molecule has 2 unspecified atom stereocenters. The largest absolute Gasteiger partial charge is 0.317 e. The third-order valence-electron chi connectivity index (χ3n) is 4.80. The van der Waals surface area contributed by atoms with Crippen LogP contribution in [0.25, 0.3) is 0 Å². The zero-order valence-electron chi connectivity index (χ0n) is 13.8. The van der Waals surface area contributed by atoms with Crippen molar-refractivity contribution in [3.05, 3.63) is 35.6 Å². The Balaban J connectivity index is 1.93. The van der Waals surface area contributed by atoms with Crippen molar-refractivity contribution >= 4 is 0 Å². The molecule has 0 spiro atoms. The van der Waals surface area contributed by atoms with Crippen LogP contribution in [0.15, 0.2) is 24.3 Å². The van der Waals surface area contributed by atoms with Gasteiger partial charge in [0.2, 0.25) is 0 Å². The molecule has 1 aliphatic carbocycles. The maximum absolute atomic E-state index is 13.0. The highest BCUT2D eigenvalue weighted by atomic mass is 19.1. The first-order chi connectivity index (χ1) is 9.89. The Morgan fingerprint density at radius 2 is 1.95 bits per heavy atom. The predicted octanol–water partition coefficient (Wildman–Crippen LogP) is 3.67. The van der Waals surface area contributed by atoms with Crippen molar-refractivity contribution in [1.82, 2.24) is 10.2 Å². The molecule has 1 aromatic rings. The average molecular weight is 292 g/mol. The Bertz CT molecular complexity index is 441. The second-order valence-corrected chi connectivity index (χ2v) is 7.39. The molecule has 0 heterocycles. The zero-order valence-corrected chi connectivity index (χ0v) is 13.8. The van der Waals surface area contributed by atoms with E-state index in [0.717, 1.165) is 13.1 Å². The molecule has 1 saturated carbocycles. The van der Waals surface area contributed by atoms with E-state index < -0.39 is 0 Å². The Labute approximate surface area is 128 Å². The lowest BCUT2D eigenvalue weighted by Crippen LogP contribution is -2.45. The van der Waals surface area contributed by atoms with Crippen molar-refractivity contribution in [3.63, 3.8) is 0 Å². The van der Waals surface area contributed by atoms with E-state index in [1.807, 2.05) is 12.1 Å². The van der Waals surface area contributed by atoms with Crippen LogP contribution in [0.4, 0.5) is 4.39 Å². The first-order valence-electron chi connectivity index (χ1n) is 8.00. The molecule has 2 rings (SSSR count). The molecule has 2 nitrogen and oxygen atoms in total. The summed E-state index contributed by atoms with van der Waals surface area (Å²) in [7, 11) is 4.24. The molecular weight excluding hydrogens is 263 g/mol. The highest BCUT2D eigenvalue weighted by Crippen LogP contribution is 2.38. The van der Waals surface area contributed by atoms with E-state index in [4.69, 9.17) is 0 Å². The van der Waals surface area contributed by atoms with Crippen molar-refractivity contribution in [2.75, 3.05) is 20.6 Å². The van der Waals surface area contributed by atoms with Gasteiger partial charge in [-0.2, -0.15) is 0 Å². The maximum Gasteiger partial charge on any atom is 0.123 e. The summed E-state index contributed by atoms with van der Waals surface area (Å²) in [4.78, 5) is 2.36. The number of nitrogens with one attached hydrogen (secondary N) is 1. The van der Waals surface area contributed by atoms with Crippen molar-refractivity contribution in [1.29, 1.82) is 0 Å². The number of nitrogens with zero attached hydrogens (tertiary/aromatic N) is 1. The molecule has 3 heteroatoms. The van der Waals surface area contributed by atoms with Gasteiger partial charge in [0, 0.05) is 19.1 Å². The molecular formula is C18H29FN2. The standard InChI is InChI=1S/C18H29FN2/c1-18(2)10-9-17(20-3)15(11-18)13-21(4)12-14-5-7-16(19)8-6-14/h5-8,15,17,20H,9-13H2,1-4H3. The van der Waals surface area contributed by atoms with Gasteiger partial charge in [0.25, 0.3) is 0 Å². The van der Waals surface area contributed by atoms with Gasteiger partial charge < -0.3 is 10.2 Å². The number of hydrogen-bond donors (Lipinski definition) is 1. The van der Waals surface area contributed by atoms with E-state index in [9.17, 15) is 4.39 Å². The Morgan fingerprint density at radius 1 is 1.29 bits per heavy atom. The number of halogens is 1. The molecule has 1 aromatic carbocycles. The summed E-state index contributed by atoms with van der Waals surface area (Å²) in [6.07, 6.45) is 3.83. The normalized spacial score (nSPS) is 25.2. The maximum atomic E-state index is 13.0. The Hall–Kier alpha value is -0.930. The molecule has 0 radical (unpaired) electrons. The number of benzene rings is 1. The van der Waals surface area contributed by atoms with E-state index in [2.05, 4.69) is 38.2 Å². The molecule has 0 saturated heterocycles. The summed E-state index contributed by atoms with van der Waals surface area (Å²) in [6.45, 7) is 6.73. The fourth-order valence-electron chi connectivity index (χ4n) is 3.67. The molecule has 2 atom stereocenters. The van der Waals surface area contributed by atoms with E-state index in [0.29, 0.717) is 17.4 Å². The zero-order chi connectivity index (χ0) is 15.5. The fraction of sp³-hybridized carbons (Fsp3) is 0.667. The topological polar surface area (TPSA) is 15.3 Å². The third-order valence-corrected chi connectivity index (χ3v) is 4.80. The molecule has 1 aliphatic rings. The third kappa shape index (κ3) is 4.79. The summed E-state index contributed by atoms with van der Waals surface area (Å²) < 4.78 is 13.0. The van der Waals surface area contributed by atoms with Crippen molar-refractivity contribution < 1.29 is 4.39 Å². The smallest absolute Gasteiger partial charge is 0.123 e. The highest BCUT2D eigenvalue weighted by Gasteiger charge is 2.34. The van der Waals surface area contributed by atoms with E-state index in [-0.39, 0.29) is 5.82 Å². The summed E-state index contributed by atoms with van der Waals surface area (Å²) in [5.41, 5.74) is 1.63. The second kappa shape index (κ2) is 6.89. The van der Waals surface area contributed by atoms with Gasteiger partial charge in [0.05, 0.1) is 0 Å². The van der Waals surface area contributed by atoms with Crippen LogP contribution in [0.1, 0.15) is 38.7 Å². The van der Waals surface area contributed by atoms with Crippen LogP contribution in [0.2, 0.25) is 0 Å².